The molecular formula is C23H38IN5O4. The highest BCUT2D eigenvalue weighted by Gasteiger charge is 2.31. The highest BCUT2D eigenvalue weighted by molar-refractivity contribution is 14.0. The standard InChI is InChI=1S/C23H37N5O4.HI/c1-24-23(28-12-10-27(11-13-28)22(29)20-7-6-14-32-20)25-16-18(26(2)3)17-8-9-19(30-4)21(15-17)31-5;/h8-9,15,18,20H,6-7,10-14,16H2,1-5H3,(H,24,25);1H. The molecule has 1 N–H and O–H groups in total. The Morgan fingerprint density at radius 2 is 1.85 bits per heavy atom. The van der Waals surface area contributed by atoms with Crippen molar-refractivity contribution in [3.05, 3.63) is 23.8 Å². The van der Waals surface area contributed by atoms with Gasteiger partial charge in [0.25, 0.3) is 5.91 Å². The number of piperazine rings is 1. The van der Waals surface area contributed by atoms with Crippen LogP contribution in [-0.4, -0.2) is 107 Å². The number of benzene rings is 1. The van der Waals surface area contributed by atoms with Crippen LogP contribution in [0.3, 0.4) is 0 Å². The van der Waals surface area contributed by atoms with Crippen LogP contribution in [0.4, 0.5) is 0 Å². The smallest absolute Gasteiger partial charge is 0.251 e. The number of hydrogen-bond donors (Lipinski definition) is 1. The van der Waals surface area contributed by atoms with Crippen LogP contribution >= 0.6 is 24.0 Å². The molecule has 1 aromatic carbocycles. The molecule has 0 saturated carbocycles. The number of methoxy groups -OCH3 is 2. The molecule has 2 heterocycles. The van der Waals surface area contributed by atoms with E-state index in [2.05, 4.69) is 40.3 Å². The Morgan fingerprint density at radius 1 is 1.18 bits per heavy atom. The second kappa shape index (κ2) is 13.2. The van der Waals surface area contributed by atoms with E-state index in [0.717, 1.165) is 37.5 Å². The predicted octanol–water partition coefficient (Wildman–Crippen LogP) is 1.82. The second-order valence-electron chi connectivity index (χ2n) is 8.34. The van der Waals surface area contributed by atoms with E-state index in [1.807, 2.05) is 17.0 Å². The average Bonchev–Trinajstić information content (AvgIpc) is 3.36. The monoisotopic (exact) mass is 575 g/mol. The van der Waals surface area contributed by atoms with E-state index >= 15 is 0 Å². The van der Waals surface area contributed by atoms with Crippen molar-refractivity contribution in [2.45, 2.75) is 25.0 Å². The largest absolute Gasteiger partial charge is 0.493 e. The molecule has 0 radical (unpaired) electrons. The van der Waals surface area contributed by atoms with Gasteiger partial charge in [0.1, 0.15) is 6.10 Å². The Balaban J connectivity index is 0.00000385. The van der Waals surface area contributed by atoms with Crippen LogP contribution in [0.15, 0.2) is 23.2 Å². The Kier molecular flexibility index (Phi) is 11.0. The van der Waals surface area contributed by atoms with E-state index in [4.69, 9.17) is 14.2 Å². The van der Waals surface area contributed by atoms with Crippen LogP contribution < -0.4 is 14.8 Å². The third kappa shape index (κ3) is 6.86. The number of carbonyl (C=O) groups excluding carboxylic acids is 1. The first kappa shape index (κ1) is 27.5. The molecule has 33 heavy (non-hydrogen) atoms. The lowest BCUT2D eigenvalue weighted by molar-refractivity contribution is -0.142. The van der Waals surface area contributed by atoms with E-state index in [1.54, 1.807) is 21.3 Å². The summed E-state index contributed by atoms with van der Waals surface area (Å²) in [7, 11) is 9.20. The number of nitrogens with zero attached hydrogens (tertiary/aromatic N) is 4. The normalized spacial score (nSPS) is 19.8. The molecular weight excluding hydrogens is 537 g/mol. The molecule has 2 fully saturated rings. The van der Waals surface area contributed by atoms with Gasteiger partial charge >= 0.3 is 0 Å². The first-order valence-corrected chi connectivity index (χ1v) is 11.2. The van der Waals surface area contributed by atoms with Crippen LogP contribution in [0.5, 0.6) is 11.5 Å². The summed E-state index contributed by atoms with van der Waals surface area (Å²) >= 11 is 0. The van der Waals surface area contributed by atoms with Gasteiger partial charge in [0.05, 0.1) is 20.3 Å². The minimum Gasteiger partial charge on any atom is -0.493 e. The zero-order valence-electron chi connectivity index (χ0n) is 20.4. The molecule has 186 valence electrons. The fourth-order valence-corrected chi connectivity index (χ4v) is 4.29. The van der Waals surface area contributed by atoms with Crippen LogP contribution in [0.2, 0.25) is 0 Å². The second-order valence-corrected chi connectivity index (χ2v) is 8.34. The van der Waals surface area contributed by atoms with Crippen LogP contribution in [-0.2, 0) is 9.53 Å². The quantitative estimate of drug-likeness (QED) is 0.302. The molecule has 0 aliphatic carbocycles. The number of guanidine groups is 1. The number of hydrogen-bond acceptors (Lipinski definition) is 6. The average molecular weight is 575 g/mol. The van der Waals surface area contributed by atoms with Gasteiger partial charge in [-0.1, -0.05) is 6.07 Å². The summed E-state index contributed by atoms with van der Waals surface area (Å²) in [6.45, 7) is 4.25. The zero-order valence-corrected chi connectivity index (χ0v) is 22.7. The maximum atomic E-state index is 12.6. The highest BCUT2D eigenvalue weighted by atomic mass is 127. The first-order valence-electron chi connectivity index (χ1n) is 11.2. The van der Waals surface area contributed by atoms with Gasteiger partial charge in [-0.15, -0.1) is 24.0 Å². The molecule has 0 aromatic heterocycles. The Morgan fingerprint density at radius 3 is 2.39 bits per heavy atom. The van der Waals surface area contributed by atoms with Gasteiger partial charge in [-0.2, -0.15) is 0 Å². The third-order valence-corrected chi connectivity index (χ3v) is 6.18. The maximum Gasteiger partial charge on any atom is 0.251 e. The van der Waals surface area contributed by atoms with Crippen molar-refractivity contribution in [1.29, 1.82) is 0 Å². The van der Waals surface area contributed by atoms with Gasteiger partial charge in [-0.25, -0.2) is 0 Å². The lowest BCUT2D eigenvalue weighted by atomic mass is 10.1. The summed E-state index contributed by atoms with van der Waals surface area (Å²) in [5, 5.41) is 3.52. The number of nitrogens with one attached hydrogen (secondary N) is 1. The number of rotatable bonds is 7. The summed E-state index contributed by atoms with van der Waals surface area (Å²) < 4.78 is 16.4. The molecule has 2 unspecified atom stereocenters. The Hall–Kier alpha value is -1.79. The number of amides is 1. The van der Waals surface area contributed by atoms with Gasteiger partial charge in [0.2, 0.25) is 0 Å². The number of aliphatic imine (C=N–C) groups is 1. The van der Waals surface area contributed by atoms with E-state index < -0.39 is 0 Å². The van der Waals surface area contributed by atoms with Crippen molar-refractivity contribution in [2.75, 3.05) is 74.7 Å². The van der Waals surface area contributed by atoms with Crippen molar-refractivity contribution in [2.24, 2.45) is 4.99 Å². The van der Waals surface area contributed by atoms with Gasteiger partial charge in [0.15, 0.2) is 17.5 Å². The number of halogens is 1. The molecule has 0 bridgehead atoms. The highest BCUT2D eigenvalue weighted by Crippen LogP contribution is 2.31. The Bertz CT molecular complexity index is 793. The van der Waals surface area contributed by atoms with E-state index in [9.17, 15) is 4.79 Å². The summed E-state index contributed by atoms with van der Waals surface area (Å²) in [4.78, 5) is 23.4. The van der Waals surface area contributed by atoms with Crippen molar-refractivity contribution < 1.29 is 19.0 Å². The Labute approximate surface area is 214 Å². The molecule has 2 aliphatic rings. The molecule has 2 aliphatic heterocycles. The molecule has 9 nitrogen and oxygen atoms in total. The summed E-state index contributed by atoms with van der Waals surface area (Å²) in [6.07, 6.45) is 1.56. The SMILES string of the molecule is CN=C(NCC(c1ccc(OC)c(OC)c1)N(C)C)N1CCN(C(=O)C2CCCO2)CC1.I. The molecule has 3 rings (SSSR count). The van der Waals surface area contributed by atoms with E-state index in [0.29, 0.717) is 37.7 Å². The molecule has 1 amide bonds. The van der Waals surface area contributed by atoms with Gasteiger partial charge in [-0.3, -0.25) is 9.79 Å². The van der Waals surface area contributed by atoms with Gasteiger partial charge in [0, 0.05) is 46.4 Å². The van der Waals surface area contributed by atoms with Gasteiger partial charge in [-0.05, 0) is 44.6 Å². The van der Waals surface area contributed by atoms with Crippen molar-refractivity contribution >= 4 is 35.8 Å². The van der Waals surface area contributed by atoms with E-state index in [-0.39, 0.29) is 42.0 Å². The fraction of sp³-hybridized carbons (Fsp3) is 0.652. The maximum absolute atomic E-state index is 12.6. The van der Waals surface area contributed by atoms with Gasteiger partial charge < -0.3 is 34.2 Å². The lowest BCUT2D eigenvalue weighted by Gasteiger charge is -2.38. The minimum absolute atomic E-state index is 0. The van der Waals surface area contributed by atoms with Crippen LogP contribution in [0.25, 0.3) is 0 Å². The third-order valence-electron chi connectivity index (χ3n) is 6.18. The van der Waals surface area contributed by atoms with Crippen molar-refractivity contribution in [1.82, 2.24) is 20.0 Å². The minimum atomic E-state index is -0.249. The first-order chi connectivity index (χ1) is 15.5. The molecule has 2 atom stereocenters. The predicted molar refractivity (Wildman–Crippen MR) is 140 cm³/mol. The summed E-state index contributed by atoms with van der Waals surface area (Å²) in [5.41, 5.74) is 1.13. The summed E-state index contributed by atoms with van der Waals surface area (Å²) in [6, 6.07) is 6.13. The van der Waals surface area contributed by atoms with E-state index in [1.165, 1.54) is 0 Å². The van der Waals surface area contributed by atoms with Crippen LogP contribution in [0.1, 0.15) is 24.4 Å². The molecule has 10 heteroatoms. The molecule has 1 aromatic rings. The van der Waals surface area contributed by atoms with Crippen LogP contribution in [0, 0.1) is 0 Å². The van der Waals surface area contributed by atoms with Crippen molar-refractivity contribution in [3.8, 4) is 11.5 Å². The number of carbonyl (C=O) groups is 1. The van der Waals surface area contributed by atoms with Crippen molar-refractivity contribution in [3.63, 3.8) is 0 Å². The topological polar surface area (TPSA) is 78.9 Å². The number of ether oxygens (including phenoxy) is 3. The fourth-order valence-electron chi connectivity index (χ4n) is 4.29. The molecule has 2 saturated heterocycles. The lowest BCUT2D eigenvalue weighted by Crippen LogP contribution is -2.55. The zero-order chi connectivity index (χ0) is 23.1. The molecule has 0 spiro atoms. The number of likely N-dealkylation sites (N-methyl/N-ethyl adjacent to an activating group) is 1. The summed E-state index contributed by atoms with van der Waals surface area (Å²) in [5.74, 6) is 2.41.